The van der Waals surface area contributed by atoms with Gasteiger partial charge in [-0.05, 0) is 38.7 Å². The third-order valence-electron chi connectivity index (χ3n) is 5.97. The van der Waals surface area contributed by atoms with Crippen molar-refractivity contribution in [2.45, 2.75) is 63.6 Å². The molecule has 1 amide bonds. The number of amides is 1. The number of hydrogen-bond donors (Lipinski definition) is 2. The SMILES string of the molecule is CC(c1ccccc1)N1CCC(NC(=O)C2CCCCC2(C)N)C1.Cl.Cl. The maximum absolute atomic E-state index is 12.7. The molecule has 4 unspecified atom stereocenters. The number of carbonyl (C=O) groups excluding carboxylic acids is 1. The molecule has 1 aromatic rings. The molecule has 4 nitrogen and oxygen atoms in total. The summed E-state index contributed by atoms with van der Waals surface area (Å²) in [4.78, 5) is 15.2. The lowest BCUT2D eigenvalue weighted by atomic mass is 9.74. The molecule has 26 heavy (non-hydrogen) atoms. The van der Waals surface area contributed by atoms with E-state index in [1.54, 1.807) is 0 Å². The van der Waals surface area contributed by atoms with Gasteiger partial charge in [0.25, 0.3) is 0 Å². The lowest BCUT2D eigenvalue weighted by molar-refractivity contribution is -0.128. The van der Waals surface area contributed by atoms with Crippen LogP contribution < -0.4 is 11.1 Å². The molecule has 1 aliphatic heterocycles. The zero-order valence-electron chi connectivity index (χ0n) is 15.8. The van der Waals surface area contributed by atoms with Gasteiger partial charge in [-0.15, -0.1) is 24.8 Å². The molecule has 3 rings (SSSR count). The van der Waals surface area contributed by atoms with E-state index < -0.39 is 0 Å². The van der Waals surface area contributed by atoms with Crippen molar-refractivity contribution in [2.24, 2.45) is 11.7 Å². The van der Waals surface area contributed by atoms with E-state index in [0.717, 1.165) is 45.2 Å². The Morgan fingerprint density at radius 2 is 1.92 bits per heavy atom. The summed E-state index contributed by atoms with van der Waals surface area (Å²) in [6.07, 6.45) is 5.16. The Labute approximate surface area is 170 Å². The highest BCUT2D eigenvalue weighted by Gasteiger charge is 2.39. The topological polar surface area (TPSA) is 58.4 Å². The first-order valence-corrected chi connectivity index (χ1v) is 9.35. The highest BCUT2D eigenvalue weighted by molar-refractivity contribution is 5.85. The molecule has 0 bridgehead atoms. The van der Waals surface area contributed by atoms with Crippen LogP contribution in [0.3, 0.4) is 0 Å². The molecule has 1 heterocycles. The van der Waals surface area contributed by atoms with E-state index in [-0.39, 0.29) is 48.2 Å². The highest BCUT2D eigenvalue weighted by atomic mass is 35.5. The lowest BCUT2D eigenvalue weighted by Crippen LogP contribution is -2.54. The van der Waals surface area contributed by atoms with E-state index in [4.69, 9.17) is 5.73 Å². The van der Waals surface area contributed by atoms with Crippen LogP contribution in [0.4, 0.5) is 0 Å². The molecule has 2 aliphatic rings. The Kier molecular flexibility index (Phi) is 8.87. The minimum atomic E-state index is -0.349. The average Bonchev–Trinajstić information content (AvgIpc) is 3.03. The van der Waals surface area contributed by atoms with Crippen LogP contribution in [0.1, 0.15) is 57.6 Å². The molecular weight excluding hydrogens is 369 g/mol. The van der Waals surface area contributed by atoms with Crippen molar-refractivity contribution in [2.75, 3.05) is 13.1 Å². The second kappa shape index (κ2) is 9.93. The first-order valence-electron chi connectivity index (χ1n) is 9.35. The number of nitrogens with two attached hydrogens (primary N) is 1. The van der Waals surface area contributed by atoms with Gasteiger partial charge in [-0.3, -0.25) is 9.69 Å². The molecule has 2 fully saturated rings. The molecular formula is C20H33Cl2N3O. The molecule has 0 spiro atoms. The van der Waals surface area contributed by atoms with Crippen LogP contribution in [-0.4, -0.2) is 35.5 Å². The first kappa shape index (κ1) is 23.2. The van der Waals surface area contributed by atoms with Crippen LogP contribution in [0, 0.1) is 5.92 Å². The molecule has 6 heteroatoms. The van der Waals surface area contributed by atoms with Crippen LogP contribution in [0.2, 0.25) is 0 Å². The number of rotatable bonds is 4. The van der Waals surface area contributed by atoms with E-state index in [9.17, 15) is 4.79 Å². The van der Waals surface area contributed by atoms with Crippen LogP contribution >= 0.6 is 24.8 Å². The molecule has 1 saturated heterocycles. The van der Waals surface area contributed by atoms with Gasteiger partial charge in [-0.2, -0.15) is 0 Å². The lowest BCUT2D eigenvalue weighted by Gasteiger charge is -2.37. The summed E-state index contributed by atoms with van der Waals surface area (Å²) in [7, 11) is 0. The van der Waals surface area contributed by atoms with Crippen molar-refractivity contribution in [1.29, 1.82) is 0 Å². The van der Waals surface area contributed by atoms with Crippen LogP contribution in [0.5, 0.6) is 0 Å². The Hall–Kier alpha value is -0.810. The minimum absolute atomic E-state index is 0. The minimum Gasteiger partial charge on any atom is -0.352 e. The Morgan fingerprint density at radius 1 is 1.23 bits per heavy atom. The van der Waals surface area contributed by atoms with E-state index in [1.165, 1.54) is 5.56 Å². The standard InChI is InChI=1S/C20H31N3O.2ClH/c1-15(16-8-4-3-5-9-16)23-13-11-17(14-23)22-19(24)18-10-6-7-12-20(18,2)21;;/h3-5,8-9,15,17-18H,6-7,10-14,21H2,1-2H3,(H,22,24);2*1H. The average molecular weight is 402 g/mol. The number of carbonyl (C=O) groups is 1. The fourth-order valence-electron chi connectivity index (χ4n) is 4.29. The van der Waals surface area contributed by atoms with E-state index >= 15 is 0 Å². The van der Waals surface area contributed by atoms with Gasteiger partial charge in [-0.1, -0.05) is 43.2 Å². The zero-order chi connectivity index (χ0) is 17.2. The van der Waals surface area contributed by atoms with Crippen molar-refractivity contribution in [3.8, 4) is 0 Å². The Balaban J connectivity index is 0.00000169. The second-order valence-corrected chi connectivity index (χ2v) is 7.88. The second-order valence-electron chi connectivity index (χ2n) is 7.88. The van der Waals surface area contributed by atoms with Crippen molar-refractivity contribution in [3.63, 3.8) is 0 Å². The largest absolute Gasteiger partial charge is 0.352 e. The predicted octanol–water partition coefficient (Wildman–Crippen LogP) is 3.69. The summed E-state index contributed by atoms with van der Waals surface area (Å²) in [6, 6.07) is 11.2. The molecule has 148 valence electrons. The van der Waals surface area contributed by atoms with Gasteiger partial charge in [0.2, 0.25) is 5.91 Å². The third-order valence-corrected chi connectivity index (χ3v) is 5.97. The monoisotopic (exact) mass is 401 g/mol. The summed E-state index contributed by atoms with van der Waals surface area (Å²) < 4.78 is 0. The Morgan fingerprint density at radius 3 is 2.58 bits per heavy atom. The molecule has 3 N–H and O–H groups in total. The maximum Gasteiger partial charge on any atom is 0.225 e. The predicted molar refractivity (Wildman–Crippen MR) is 112 cm³/mol. The summed E-state index contributed by atoms with van der Waals surface area (Å²) in [5, 5.41) is 3.28. The van der Waals surface area contributed by atoms with Crippen molar-refractivity contribution < 1.29 is 4.79 Å². The molecule has 0 radical (unpaired) electrons. The van der Waals surface area contributed by atoms with Gasteiger partial charge in [0.1, 0.15) is 0 Å². The van der Waals surface area contributed by atoms with Gasteiger partial charge in [0.05, 0.1) is 5.92 Å². The number of hydrogen-bond acceptors (Lipinski definition) is 3. The number of likely N-dealkylation sites (tertiary alicyclic amines) is 1. The van der Waals surface area contributed by atoms with E-state index in [0.29, 0.717) is 6.04 Å². The molecule has 0 aromatic heterocycles. The van der Waals surface area contributed by atoms with Crippen molar-refractivity contribution in [1.82, 2.24) is 10.2 Å². The number of nitrogens with one attached hydrogen (secondary N) is 1. The van der Waals surface area contributed by atoms with Crippen molar-refractivity contribution >= 4 is 30.7 Å². The summed E-state index contributed by atoms with van der Waals surface area (Å²) in [5.41, 5.74) is 7.37. The molecule has 1 aromatic carbocycles. The van der Waals surface area contributed by atoms with Crippen molar-refractivity contribution in [3.05, 3.63) is 35.9 Å². The van der Waals surface area contributed by atoms with Gasteiger partial charge < -0.3 is 11.1 Å². The molecule has 1 saturated carbocycles. The fourth-order valence-corrected chi connectivity index (χ4v) is 4.29. The first-order chi connectivity index (χ1) is 11.5. The normalized spacial score (nSPS) is 30.0. The van der Waals surface area contributed by atoms with Gasteiger partial charge in [0.15, 0.2) is 0 Å². The van der Waals surface area contributed by atoms with Crippen LogP contribution in [0.25, 0.3) is 0 Å². The number of benzene rings is 1. The smallest absolute Gasteiger partial charge is 0.225 e. The zero-order valence-corrected chi connectivity index (χ0v) is 17.5. The van der Waals surface area contributed by atoms with Gasteiger partial charge >= 0.3 is 0 Å². The maximum atomic E-state index is 12.7. The third kappa shape index (κ3) is 5.35. The van der Waals surface area contributed by atoms with E-state index in [1.807, 2.05) is 6.92 Å². The van der Waals surface area contributed by atoms with Gasteiger partial charge in [-0.25, -0.2) is 0 Å². The number of nitrogens with zero attached hydrogens (tertiary/aromatic N) is 1. The summed E-state index contributed by atoms with van der Waals surface area (Å²) in [6.45, 7) is 6.24. The van der Waals surface area contributed by atoms with Crippen LogP contribution in [0.15, 0.2) is 30.3 Å². The quantitative estimate of drug-likeness (QED) is 0.808. The number of halogens is 2. The van der Waals surface area contributed by atoms with Gasteiger partial charge in [0, 0.05) is 30.7 Å². The van der Waals surface area contributed by atoms with E-state index in [2.05, 4.69) is 47.5 Å². The molecule has 4 atom stereocenters. The summed E-state index contributed by atoms with van der Waals surface area (Å²) >= 11 is 0. The molecule has 1 aliphatic carbocycles. The highest BCUT2D eigenvalue weighted by Crippen LogP contribution is 2.32. The fraction of sp³-hybridized carbons (Fsp3) is 0.650. The Bertz CT molecular complexity index is 567. The summed E-state index contributed by atoms with van der Waals surface area (Å²) in [5.74, 6) is 0.130. The van der Waals surface area contributed by atoms with Crippen LogP contribution in [-0.2, 0) is 4.79 Å².